The molecule has 1 aliphatic heterocycles. The minimum Gasteiger partial charge on any atom is -0.339 e. The minimum atomic E-state index is -3.16. The maximum absolute atomic E-state index is 12.3. The standard InChI is InChI=1S/C16H28N2O3S/c1-16(2)8-4-13(5-9-16)12-15(19)18-10-6-14(7-11-18)17-22(3,20)21/h12,14,17H,4-11H2,1-3H3. The van der Waals surface area contributed by atoms with Crippen molar-refractivity contribution in [3.05, 3.63) is 11.6 Å². The lowest BCUT2D eigenvalue weighted by Crippen LogP contribution is -2.46. The second-order valence-electron chi connectivity index (χ2n) is 7.46. The Hall–Kier alpha value is -0.880. The maximum Gasteiger partial charge on any atom is 0.246 e. The normalized spacial score (nSPS) is 23.4. The van der Waals surface area contributed by atoms with Crippen LogP contribution in [0.15, 0.2) is 11.6 Å². The molecule has 22 heavy (non-hydrogen) atoms. The van der Waals surface area contributed by atoms with Gasteiger partial charge in [0.2, 0.25) is 15.9 Å². The third-order valence-electron chi connectivity index (χ3n) is 4.76. The van der Waals surface area contributed by atoms with Crippen molar-refractivity contribution in [1.82, 2.24) is 9.62 Å². The lowest BCUT2D eigenvalue weighted by Gasteiger charge is -2.33. The second kappa shape index (κ2) is 6.71. The Morgan fingerprint density at radius 1 is 1.23 bits per heavy atom. The third-order valence-corrected chi connectivity index (χ3v) is 5.52. The molecule has 1 aliphatic carbocycles. The van der Waals surface area contributed by atoms with Crippen LogP contribution in [0.2, 0.25) is 0 Å². The molecule has 1 N–H and O–H groups in total. The van der Waals surface area contributed by atoms with E-state index < -0.39 is 10.0 Å². The number of likely N-dealkylation sites (tertiary alicyclic amines) is 1. The van der Waals surface area contributed by atoms with Crippen LogP contribution in [-0.4, -0.2) is 44.6 Å². The zero-order valence-corrected chi connectivity index (χ0v) is 14.7. The summed E-state index contributed by atoms with van der Waals surface area (Å²) in [6.07, 6.45) is 8.71. The maximum atomic E-state index is 12.3. The number of nitrogens with zero attached hydrogens (tertiary/aromatic N) is 1. The van der Waals surface area contributed by atoms with Crippen molar-refractivity contribution in [2.24, 2.45) is 5.41 Å². The molecule has 2 aliphatic rings. The van der Waals surface area contributed by atoms with Crippen molar-refractivity contribution in [3.8, 4) is 0 Å². The van der Waals surface area contributed by atoms with Gasteiger partial charge in [-0.25, -0.2) is 13.1 Å². The van der Waals surface area contributed by atoms with Gasteiger partial charge in [-0.3, -0.25) is 4.79 Å². The van der Waals surface area contributed by atoms with E-state index in [-0.39, 0.29) is 11.9 Å². The van der Waals surface area contributed by atoms with Crippen LogP contribution in [0.5, 0.6) is 0 Å². The van der Waals surface area contributed by atoms with Crippen LogP contribution in [0.25, 0.3) is 0 Å². The lowest BCUT2D eigenvalue weighted by atomic mass is 9.75. The summed E-state index contributed by atoms with van der Waals surface area (Å²) in [6.45, 7) is 5.82. The van der Waals surface area contributed by atoms with Gasteiger partial charge in [0.05, 0.1) is 6.26 Å². The molecule has 0 aromatic carbocycles. The molecular weight excluding hydrogens is 300 g/mol. The molecule has 1 amide bonds. The van der Waals surface area contributed by atoms with Crippen molar-refractivity contribution < 1.29 is 13.2 Å². The number of amides is 1. The van der Waals surface area contributed by atoms with Gasteiger partial charge in [-0.2, -0.15) is 0 Å². The molecule has 0 radical (unpaired) electrons. The van der Waals surface area contributed by atoms with E-state index >= 15 is 0 Å². The predicted octanol–water partition coefficient (Wildman–Crippen LogP) is 2.05. The van der Waals surface area contributed by atoms with Gasteiger partial charge < -0.3 is 4.90 Å². The highest BCUT2D eigenvalue weighted by Crippen LogP contribution is 2.37. The molecule has 6 heteroatoms. The van der Waals surface area contributed by atoms with Crippen LogP contribution in [0.4, 0.5) is 0 Å². The molecule has 1 saturated heterocycles. The SMILES string of the molecule is CC1(C)CCC(=CC(=O)N2CCC(NS(C)(=O)=O)CC2)CC1. The van der Waals surface area contributed by atoms with Gasteiger partial charge >= 0.3 is 0 Å². The average Bonchev–Trinajstić information content (AvgIpc) is 2.40. The summed E-state index contributed by atoms with van der Waals surface area (Å²) in [4.78, 5) is 14.2. The van der Waals surface area contributed by atoms with Crippen molar-refractivity contribution >= 4 is 15.9 Å². The molecule has 126 valence electrons. The fourth-order valence-corrected chi connectivity index (χ4v) is 4.02. The van der Waals surface area contributed by atoms with Gasteiger partial charge in [0.25, 0.3) is 0 Å². The van der Waals surface area contributed by atoms with Crippen LogP contribution in [-0.2, 0) is 14.8 Å². The Kier molecular flexibility index (Phi) is 5.33. The van der Waals surface area contributed by atoms with Gasteiger partial charge in [-0.15, -0.1) is 0 Å². The van der Waals surface area contributed by atoms with E-state index in [1.165, 1.54) is 11.8 Å². The lowest BCUT2D eigenvalue weighted by molar-refractivity contribution is -0.127. The summed E-state index contributed by atoms with van der Waals surface area (Å²) in [5.74, 6) is 0.0903. The van der Waals surface area contributed by atoms with Crippen LogP contribution < -0.4 is 4.72 Å². The Labute approximate surface area is 134 Å². The first-order valence-electron chi connectivity index (χ1n) is 8.10. The highest BCUT2D eigenvalue weighted by atomic mass is 32.2. The molecule has 1 heterocycles. The molecule has 1 saturated carbocycles. The summed E-state index contributed by atoms with van der Waals surface area (Å²) in [6, 6.07) is -0.0396. The first kappa shape index (κ1) is 17.5. The van der Waals surface area contributed by atoms with Crippen molar-refractivity contribution in [3.63, 3.8) is 0 Å². The third kappa shape index (κ3) is 5.39. The molecule has 2 fully saturated rings. The number of hydrogen-bond acceptors (Lipinski definition) is 3. The molecule has 5 nitrogen and oxygen atoms in total. The van der Waals surface area contributed by atoms with Gasteiger partial charge in [-0.1, -0.05) is 19.4 Å². The monoisotopic (exact) mass is 328 g/mol. The summed E-state index contributed by atoms with van der Waals surface area (Å²) in [5, 5.41) is 0. The molecule has 0 spiro atoms. The van der Waals surface area contributed by atoms with E-state index in [4.69, 9.17) is 0 Å². The summed E-state index contributed by atoms with van der Waals surface area (Å²) >= 11 is 0. The molecule has 0 aromatic heterocycles. The molecule has 0 bridgehead atoms. The summed E-state index contributed by atoms with van der Waals surface area (Å²) in [7, 11) is -3.16. The van der Waals surface area contributed by atoms with Gasteiger partial charge in [0.1, 0.15) is 0 Å². The van der Waals surface area contributed by atoms with E-state index in [1.807, 2.05) is 11.0 Å². The Morgan fingerprint density at radius 2 is 1.77 bits per heavy atom. The number of rotatable bonds is 3. The van der Waals surface area contributed by atoms with Gasteiger partial charge in [0, 0.05) is 25.2 Å². The number of sulfonamides is 1. The van der Waals surface area contributed by atoms with Crippen LogP contribution in [0.1, 0.15) is 52.4 Å². The quantitative estimate of drug-likeness (QED) is 0.806. The summed E-state index contributed by atoms with van der Waals surface area (Å²) < 4.78 is 25.1. The number of carbonyl (C=O) groups excluding carboxylic acids is 1. The fourth-order valence-electron chi connectivity index (χ4n) is 3.18. The first-order chi connectivity index (χ1) is 10.1. The molecular formula is C16H28N2O3S. The Balaban J connectivity index is 1.83. The highest BCUT2D eigenvalue weighted by Gasteiger charge is 2.26. The zero-order chi connectivity index (χ0) is 16.4. The smallest absolute Gasteiger partial charge is 0.246 e. The van der Waals surface area contributed by atoms with Gasteiger partial charge in [-0.05, 0) is 43.9 Å². The highest BCUT2D eigenvalue weighted by molar-refractivity contribution is 7.88. The number of allylic oxidation sites excluding steroid dienone is 1. The van der Waals surface area contributed by atoms with Crippen LogP contribution in [0, 0.1) is 5.41 Å². The van der Waals surface area contributed by atoms with E-state index in [1.54, 1.807) is 0 Å². The molecule has 0 atom stereocenters. The van der Waals surface area contributed by atoms with Crippen LogP contribution in [0.3, 0.4) is 0 Å². The van der Waals surface area contributed by atoms with Crippen molar-refractivity contribution in [2.45, 2.75) is 58.4 Å². The first-order valence-corrected chi connectivity index (χ1v) is 9.99. The Bertz CT molecular complexity index is 532. The van der Waals surface area contributed by atoms with Crippen LogP contribution >= 0.6 is 0 Å². The van der Waals surface area contributed by atoms with E-state index in [0.717, 1.165) is 25.7 Å². The summed E-state index contributed by atoms with van der Waals surface area (Å²) in [5.41, 5.74) is 1.66. The van der Waals surface area contributed by atoms with Crippen molar-refractivity contribution in [1.29, 1.82) is 0 Å². The Morgan fingerprint density at radius 3 is 2.27 bits per heavy atom. The molecule has 2 rings (SSSR count). The van der Waals surface area contributed by atoms with E-state index in [9.17, 15) is 13.2 Å². The largest absolute Gasteiger partial charge is 0.339 e. The number of piperidine rings is 1. The minimum absolute atomic E-state index is 0.0396. The zero-order valence-electron chi connectivity index (χ0n) is 13.9. The number of nitrogens with one attached hydrogen (secondary N) is 1. The fraction of sp³-hybridized carbons (Fsp3) is 0.812. The van der Waals surface area contributed by atoms with E-state index in [0.29, 0.717) is 31.3 Å². The topological polar surface area (TPSA) is 66.5 Å². The van der Waals surface area contributed by atoms with Crippen molar-refractivity contribution in [2.75, 3.05) is 19.3 Å². The number of carbonyl (C=O) groups is 1. The second-order valence-corrected chi connectivity index (χ2v) is 9.24. The predicted molar refractivity (Wildman–Crippen MR) is 87.9 cm³/mol. The van der Waals surface area contributed by atoms with Gasteiger partial charge in [0.15, 0.2) is 0 Å². The van der Waals surface area contributed by atoms with E-state index in [2.05, 4.69) is 18.6 Å². The molecule has 0 unspecified atom stereocenters. The average molecular weight is 328 g/mol. The molecule has 0 aromatic rings. The number of hydrogen-bond donors (Lipinski definition) is 1.